The van der Waals surface area contributed by atoms with Gasteiger partial charge in [-0.05, 0) is 55.6 Å². The number of rotatable bonds is 7. The first-order chi connectivity index (χ1) is 10.00. The van der Waals surface area contributed by atoms with Crippen molar-refractivity contribution in [1.82, 2.24) is 0 Å². The van der Waals surface area contributed by atoms with E-state index in [9.17, 15) is 17.2 Å². The predicted octanol–water partition coefficient (Wildman–Crippen LogP) is 3.53. The van der Waals surface area contributed by atoms with Gasteiger partial charge in [-0.25, -0.2) is 8.42 Å². The third kappa shape index (κ3) is 3.20. The number of halogens is 2. The molecule has 0 bridgehead atoms. The topological polar surface area (TPSA) is 46.2 Å². The first kappa shape index (κ1) is 14.8. The molecule has 0 saturated heterocycles. The van der Waals surface area contributed by atoms with E-state index in [2.05, 4.69) is 5.32 Å². The van der Waals surface area contributed by atoms with Gasteiger partial charge in [-0.3, -0.25) is 0 Å². The van der Waals surface area contributed by atoms with Gasteiger partial charge in [0, 0.05) is 6.54 Å². The molecule has 2 fully saturated rings. The zero-order chi connectivity index (χ0) is 15.0. The van der Waals surface area contributed by atoms with Gasteiger partial charge >= 0.3 is 5.76 Å². The second-order valence-electron chi connectivity index (χ2n) is 6.02. The molecular weight excluding hydrogens is 296 g/mol. The summed E-state index contributed by atoms with van der Waals surface area (Å²) in [5.41, 5.74) is 0.295. The van der Waals surface area contributed by atoms with Gasteiger partial charge in [0.1, 0.15) is 0 Å². The second kappa shape index (κ2) is 5.55. The van der Waals surface area contributed by atoms with Gasteiger partial charge in [0.05, 0.1) is 10.6 Å². The Bertz CT molecular complexity index is 598. The van der Waals surface area contributed by atoms with Crippen molar-refractivity contribution in [3.8, 4) is 0 Å². The zero-order valence-corrected chi connectivity index (χ0v) is 12.5. The van der Waals surface area contributed by atoms with Gasteiger partial charge in [0.2, 0.25) is 9.84 Å². The van der Waals surface area contributed by atoms with E-state index in [1.165, 1.54) is 37.8 Å². The van der Waals surface area contributed by atoms with Gasteiger partial charge in [0.15, 0.2) is 0 Å². The van der Waals surface area contributed by atoms with Gasteiger partial charge in [0.25, 0.3) is 0 Å². The minimum absolute atomic E-state index is 0.295. The summed E-state index contributed by atoms with van der Waals surface area (Å²) in [6.07, 6.45) is 4.94. The summed E-state index contributed by atoms with van der Waals surface area (Å²) in [6.45, 7) is 0.672. The van der Waals surface area contributed by atoms with Crippen LogP contribution in [0.2, 0.25) is 0 Å². The lowest BCUT2D eigenvalue weighted by atomic mass is 9.98. The van der Waals surface area contributed by atoms with Crippen molar-refractivity contribution in [2.24, 2.45) is 17.8 Å². The summed E-state index contributed by atoms with van der Waals surface area (Å²) in [7, 11) is -4.56. The fourth-order valence-corrected chi connectivity index (χ4v) is 3.86. The minimum atomic E-state index is -4.56. The van der Waals surface area contributed by atoms with Crippen LogP contribution in [0.25, 0.3) is 0 Å². The molecule has 1 aromatic carbocycles. The third-order valence-corrected chi connectivity index (χ3v) is 5.85. The lowest BCUT2D eigenvalue weighted by Crippen LogP contribution is -2.20. The largest absolute Gasteiger partial charge is 0.384 e. The molecule has 116 valence electrons. The molecule has 3 nitrogen and oxygen atoms in total. The fourth-order valence-electron chi connectivity index (χ4n) is 2.95. The molecule has 2 aliphatic carbocycles. The van der Waals surface area contributed by atoms with Crippen LogP contribution in [-0.4, -0.2) is 20.7 Å². The zero-order valence-electron chi connectivity index (χ0n) is 11.6. The highest BCUT2D eigenvalue weighted by molar-refractivity contribution is 7.91. The van der Waals surface area contributed by atoms with E-state index in [1.54, 1.807) is 12.1 Å². The highest BCUT2D eigenvalue weighted by Crippen LogP contribution is 2.49. The average Bonchev–Trinajstić information content (AvgIpc) is 3.33. The molecule has 2 aliphatic rings. The molecule has 6 heteroatoms. The maximum atomic E-state index is 12.7. The summed E-state index contributed by atoms with van der Waals surface area (Å²) in [4.78, 5) is -0.301. The van der Waals surface area contributed by atoms with E-state index in [4.69, 9.17) is 0 Å². The minimum Gasteiger partial charge on any atom is -0.384 e. The summed E-state index contributed by atoms with van der Waals surface area (Å²) < 4.78 is 48.9. The van der Waals surface area contributed by atoms with Crippen molar-refractivity contribution in [3.63, 3.8) is 0 Å². The first-order valence-electron chi connectivity index (χ1n) is 7.35. The van der Waals surface area contributed by atoms with Crippen LogP contribution in [0, 0.1) is 17.8 Å². The maximum absolute atomic E-state index is 12.7. The number of nitrogens with one attached hydrogen (secondary N) is 1. The molecule has 0 unspecified atom stereocenters. The molecule has 21 heavy (non-hydrogen) atoms. The molecular formula is C15H19F2NO2S. The molecule has 0 aliphatic heterocycles. The maximum Gasteiger partial charge on any atom is 0.341 e. The van der Waals surface area contributed by atoms with Crippen molar-refractivity contribution < 1.29 is 17.2 Å². The Hall–Kier alpha value is -1.17. The number of anilines is 1. The Balaban J connectivity index is 1.76. The number of alkyl halides is 2. The molecule has 0 heterocycles. The van der Waals surface area contributed by atoms with E-state index >= 15 is 0 Å². The Labute approximate surface area is 123 Å². The second-order valence-corrected chi connectivity index (χ2v) is 7.91. The molecule has 0 aromatic heterocycles. The number of benzene rings is 1. The van der Waals surface area contributed by atoms with Crippen LogP contribution in [-0.2, 0) is 9.84 Å². The third-order valence-electron chi connectivity index (χ3n) is 4.41. The first-order valence-corrected chi connectivity index (χ1v) is 8.89. The smallest absolute Gasteiger partial charge is 0.341 e. The Morgan fingerprint density at radius 2 is 1.67 bits per heavy atom. The van der Waals surface area contributed by atoms with Crippen molar-refractivity contribution >= 4 is 15.5 Å². The molecule has 0 spiro atoms. The van der Waals surface area contributed by atoms with Crippen molar-refractivity contribution in [2.75, 3.05) is 11.9 Å². The van der Waals surface area contributed by atoms with Gasteiger partial charge in [-0.1, -0.05) is 12.1 Å². The summed E-state index contributed by atoms with van der Waals surface area (Å²) in [6, 6.07) is 5.94. The number of para-hydroxylation sites is 1. The Morgan fingerprint density at radius 3 is 2.19 bits per heavy atom. The van der Waals surface area contributed by atoms with E-state index < -0.39 is 15.6 Å². The lowest BCUT2D eigenvalue weighted by molar-refractivity contribution is 0.235. The monoisotopic (exact) mass is 315 g/mol. The quantitative estimate of drug-likeness (QED) is 0.837. The normalized spacial score (nSPS) is 19.2. The lowest BCUT2D eigenvalue weighted by Gasteiger charge is -2.18. The molecule has 1 N–H and O–H groups in total. The van der Waals surface area contributed by atoms with E-state index in [1.807, 2.05) is 0 Å². The molecule has 3 rings (SSSR count). The van der Waals surface area contributed by atoms with E-state index in [-0.39, 0.29) is 4.90 Å². The number of hydrogen-bond acceptors (Lipinski definition) is 3. The van der Waals surface area contributed by atoms with Gasteiger partial charge in [-0.15, -0.1) is 0 Å². The highest BCUT2D eigenvalue weighted by Gasteiger charge is 2.41. The Morgan fingerprint density at radius 1 is 1.10 bits per heavy atom. The summed E-state index contributed by atoms with van der Waals surface area (Å²) >= 11 is 0. The van der Waals surface area contributed by atoms with Crippen LogP contribution in [0.4, 0.5) is 14.5 Å². The summed E-state index contributed by atoms with van der Waals surface area (Å²) in [5.74, 6) is -1.39. The summed E-state index contributed by atoms with van der Waals surface area (Å²) in [5, 5.41) is 3.10. The number of sulfone groups is 1. The van der Waals surface area contributed by atoms with Crippen LogP contribution in [0.3, 0.4) is 0 Å². The Kier molecular flexibility index (Phi) is 3.90. The molecule has 0 radical (unpaired) electrons. The predicted molar refractivity (Wildman–Crippen MR) is 77.1 cm³/mol. The standard InChI is InChI=1S/C15H19F2NO2S/c16-15(17)21(19,20)14-4-2-1-3-13(14)18-9-12(10-5-6-10)11-7-8-11/h1-4,10-12,15,18H,5-9H2. The van der Waals surface area contributed by atoms with Crippen LogP contribution < -0.4 is 5.32 Å². The molecule has 1 aromatic rings. The fraction of sp³-hybridized carbons (Fsp3) is 0.600. The highest BCUT2D eigenvalue weighted by atomic mass is 32.2. The van der Waals surface area contributed by atoms with Crippen LogP contribution in [0.15, 0.2) is 29.2 Å². The van der Waals surface area contributed by atoms with E-state index in [0.717, 1.165) is 11.8 Å². The van der Waals surface area contributed by atoms with Crippen LogP contribution in [0.5, 0.6) is 0 Å². The molecule has 0 atom stereocenters. The van der Waals surface area contributed by atoms with Gasteiger partial charge < -0.3 is 5.32 Å². The molecule has 0 amide bonds. The molecule has 2 saturated carbocycles. The van der Waals surface area contributed by atoms with Crippen molar-refractivity contribution in [3.05, 3.63) is 24.3 Å². The number of hydrogen-bond donors (Lipinski definition) is 1. The van der Waals surface area contributed by atoms with E-state index in [0.29, 0.717) is 18.2 Å². The SMILES string of the molecule is O=S(=O)(c1ccccc1NCC(C1CC1)C1CC1)C(F)F. The van der Waals surface area contributed by atoms with Crippen LogP contribution >= 0.6 is 0 Å². The van der Waals surface area contributed by atoms with Crippen LogP contribution in [0.1, 0.15) is 25.7 Å². The van der Waals surface area contributed by atoms with Gasteiger partial charge in [-0.2, -0.15) is 8.78 Å². The van der Waals surface area contributed by atoms with Crippen molar-refractivity contribution in [2.45, 2.75) is 36.3 Å². The average molecular weight is 315 g/mol. The van der Waals surface area contributed by atoms with Crippen molar-refractivity contribution in [1.29, 1.82) is 0 Å².